The van der Waals surface area contributed by atoms with Crippen molar-refractivity contribution in [3.05, 3.63) is 28.8 Å². The molecular weight excluding hydrogens is 372 g/mol. The van der Waals surface area contributed by atoms with Gasteiger partial charge in [0.2, 0.25) is 0 Å². The minimum Gasteiger partial charge on any atom is -0.394 e. The Bertz CT molecular complexity index is 806. The van der Waals surface area contributed by atoms with Gasteiger partial charge in [0.25, 0.3) is 5.91 Å². The predicted molar refractivity (Wildman–Crippen MR) is 99.6 cm³/mol. The number of nitrogens with zero attached hydrogens (tertiary/aromatic N) is 2. The number of aliphatic hydroxyl groups is 4. The fourth-order valence-electron chi connectivity index (χ4n) is 3.20. The zero-order chi connectivity index (χ0) is 19.7. The summed E-state index contributed by atoms with van der Waals surface area (Å²) in [7, 11) is 0. The minimum absolute atomic E-state index is 0.0794. The predicted octanol–water partition coefficient (Wildman–Crippen LogP) is 0.293. The summed E-state index contributed by atoms with van der Waals surface area (Å²) in [5, 5.41) is 39.9. The Hall–Kier alpha value is -1.62. The molecule has 5 atom stereocenters. The monoisotopic (exact) mass is 396 g/mol. The van der Waals surface area contributed by atoms with Gasteiger partial charge in [-0.1, -0.05) is 0 Å². The Morgan fingerprint density at radius 1 is 1.19 bits per heavy atom. The van der Waals surface area contributed by atoms with Gasteiger partial charge >= 0.3 is 0 Å². The molecule has 1 aliphatic rings. The van der Waals surface area contributed by atoms with Crippen molar-refractivity contribution in [2.75, 3.05) is 19.7 Å². The van der Waals surface area contributed by atoms with Crippen molar-refractivity contribution in [1.82, 2.24) is 9.88 Å². The van der Waals surface area contributed by atoms with Crippen LogP contribution in [0.5, 0.6) is 0 Å². The molecule has 2 heterocycles. The molecule has 2 aromatic rings. The summed E-state index contributed by atoms with van der Waals surface area (Å²) in [6.45, 7) is 4.57. The van der Waals surface area contributed by atoms with E-state index in [0.29, 0.717) is 29.2 Å². The number of ether oxygens (including phenoxy) is 1. The van der Waals surface area contributed by atoms with Crippen molar-refractivity contribution in [2.45, 2.75) is 44.4 Å². The SMILES string of the molecule is CCN(CC)C(=O)c1ccc2sc([C@@H]3O[C@H](CO)[C@H](O)[C@H](O)[C@H]3O)nc2c1. The third-order valence-electron chi connectivity index (χ3n) is 4.84. The van der Waals surface area contributed by atoms with Crippen molar-refractivity contribution in [2.24, 2.45) is 0 Å². The fraction of sp³-hybridized carbons (Fsp3) is 0.556. The second kappa shape index (κ2) is 8.17. The van der Waals surface area contributed by atoms with Crippen LogP contribution in [0.25, 0.3) is 10.2 Å². The highest BCUT2D eigenvalue weighted by molar-refractivity contribution is 7.18. The van der Waals surface area contributed by atoms with Crippen LogP contribution >= 0.6 is 11.3 Å². The average molecular weight is 396 g/mol. The lowest BCUT2D eigenvalue weighted by atomic mass is 9.95. The molecule has 1 fully saturated rings. The second-order valence-electron chi connectivity index (χ2n) is 6.46. The minimum atomic E-state index is -1.45. The lowest BCUT2D eigenvalue weighted by Crippen LogP contribution is -2.55. The Morgan fingerprint density at radius 3 is 2.52 bits per heavy atom. The van der Waals surface area contributed by atoms with Crippen LogP contribution in [-0.2, 0) is 4.74 Å². The number of benzene rings is 1. The molecule has 148 valence electrons. The van der Waals surface area contributed by atoms with Gasteiger partial charge in [-0.15, -0.1) is 11.3 Å². The van der Waals surface area contributed by atoms with Gasteiger partial charge < -0.3 is 30.1 Å². The number of fused-ring (bicyclic) bond motifs is 1. The van der Waals surface area contributed by atoms with E-state index < -0.39 is 37.1 Å². The summed E-state index contributed by atoms with van der Waals surface area (Å²) in [6.07, 6.45) is -6.19. The van der Waals surface area contributed by atoms with Crippen LogP contribution in [-0.4, -0.2) is 80.3 Å². The number of aromatic nitrogens is 1. The number of amides is 1. The van der Waals surface area contributed by atoms with Crippen molar-refractivity contribution < 1.29 is 30.0 Å². The normalized spacial score (nSPS) is 28.4. The van der Waals surface area contributed by atoms with Crippen LogP contribution in [0.3, 0.4) is 0 Å². The van der Waals surface area contributed by atoms with Crippen LogP contribution < -0.4 is 0 Å². The molecule has 1 aliphatic heterocycles. The van der Waals surface area contributed by atoms with Gasteiger partial charge in [-0.25, -0.2) is 4.98 Å². The maximum atomic E-state index is 12.5. The first-order chi connectivity index (χ1) is 12.9. The number of carbonyl (C=O) groups is 1. The average Bonchev–Trinajstić information content (AvgIpc) is 3.10. The van der Waals surface area contributed by atoms with Gasteiger partial charge in [0.1, 0.15) is 35.5 Å². The quantitative estimate of drug-likeness (QED) is 0.573. The van der Waals surface area contributed by atoms with E-state index in [1.54, 1.807) is 23.1 Å². The first kappa shape index (κ1) is 20.1. The largest absolute Gasteiger partial charge is 0.394 e. The zero-order valence-electron chi connectivity index (χ0n) is 15.1. The summed E-state index contributed by atoms with van der Waals surface area (Å²) in [4.78, 5) is 18.7. The van der Waals surface area contributed by atoms with E-state index in [2.05, 4.69) is 4.98 Å². The molecular formula is C18H24N2O6S. The number of thiazole rings is 1. The first-order valence-corrected chi connectivity index (χ1v) is 9.73. The molecule has 9 heteroatoms. The lowest BCUT2D eigenvalue weighted by molar-refractivity contribution is -0.231. The highest BCUT2D eigenvalue weighted by Gasteiger charge is 2.45. The van der Waals surface area contributed by atoms with Gasteiger partial charge in [0.05, 0.1) is 16.8 Å². The maximum absolute atomic E-state index is 12.5. The fourth-order valence-corrected chi connectivity index (χ4v) is 4.22. The van der Waals surface area contributed by atoms with Crippen LogP contribution in [0.2, 0.25) is 0 Å². The van der Waals surface area contributed by atoms with Crippen LogP contribution in [0, 0.1) is 0 Å². The summed E-state index contributed by atoms with van der Waals surface area (Å²) in [5.41, 5.74) is 1.11. The lowest BCUT2D eigenvalue weighted by Gasteiger charge is -2.39. The number of rotatable bonds is 5. The standard InChI is InChI=1S/C18H24N2O6S/c1-3-20(4-2)18(25)9-5-6-12-10(7-9)19-17(27-12)16-15(24)14(23)13(22)11(8-21)26-16/h5-7,11,13-16,21-24H,3-4,8H2,1-2H3/t11-,13+,14+,15-,16-/m1/s1. The van der Waals surface area contributed by atoms with Gasteiger partial charge in [0.15, 0.2) is 0 Å². The number of hydrogen-bond donors (Lipinski definition) is 4. The molecule has 3 rings (SSSR count). The molecule has 0 aliphatic carbocycles. The maximum Gasteiger partial charge on any atom is 0.253 e. The van der Waals surface area contributed by atoms with Crippen molar-refractivity contribution in [1.29, 1.82) is 0 Å². The van der Waals surface area contributed by atoms with Crippen molar-refractivity contribution >= 4 is 27.5 Å². The highest BCUT2D eigenvalue weighted by Crippen LogP contribution is 2.36. The van der Waals surface area contributed by atoms with E-state index in [9.17, 15) is 25.2 Å². The van der Waals surface area contributed by atoms with E-state index in [4.69, 9.17) is 4.74 Å². The summed E-state index contributed by atoms with van der Waals surface area (Å²) in [6, 6.07) is 5.22. The van der Waals surface area contributed by atoms with Gasteiger partial charge in [-0.2, -0.15) is 0 Å². The molecule has 1 aromatic carbocycles. The smallest absolute Gasteiger partial charge is 0.253 e. The van der Waals surface area contributed by atoms with Crippen molar-refractivity contribution in [3.63, 3.8) is 0 Å². The van der Waals surface area contributed by atoms with E-state index in [0.717, 1.165) is 4.70 Å². The van der Waals surface area contributed by atoms with E-state index in [-0.39, 0.29) is 5.91 Å². The summed E-state index contributed by atoms with van der Waals surface area (Å²) >= 11 is 1.27. The molecule has 4 N–H and O–H groups in total. The molecule has 8 nitrogen and oxygen atoms in total. The summed E-state index contributed by atoms with van der Waals surface area (Å²) in [5.74, 6) is -0.0794. The van der Waals surface area contributed by atoms with Gasteiger partial charge in [0, 0.05) is 18.7 Å². The molecule has 0 bridgehead atoms. The zero-order valence-corrected chi connectivity index (χ0v) is 16.0. The second-order valence-corrected chi connectivity index (χ2v) is 7.52. The summed E-state index contributed by atoms with van der Waals surface area (Å²) < 4.78 is 6.36. The van der Waals surface area contributed by atoms with Crippen LogP contribution in [0.4, 0.5) is 0 Å². The van der Waals surface area contributed by atoms with E-state index in [1.165, 1.54) is 11.3 Å². The molecule has 0 unspecified atom stereocenters. The third-order valence-corrected chi connectivity index (χ3v) is 5.94. The molecule has 27 heavy (non-hydrogen) atoms. The number of aliphatic hydroxyl groups excluding tert-OH is 4. The molecule has 0 spiro atoms. The van der Waals surface area contributed by atoms with Crippen molar-refractivity contribution in [3.8, 4) is 0 Å². The highest BCUT2D eigenvalue weighted by atomic mass is 32.1. The van der Waals surface area contributed by atoms with Gasteiger partial charge in [-0.3, -0.25) is 4.79 Å². The molecule has 1 saturated heterocycles. The van der Waals surface area contributed by atoms with E-state index in [1.807, 2.05) is 13.8 Å². The molecule has 1 amide bonds. The molecule has 0 radical (unpaired) electrons. The van der Waals surface area contributed by atoms with E-state index >= 15 is 0 Å². The number of hydrogen-bond acceptors (Lipinski definition) is 8. The molecule has 0 saturated carbocycles. The molecule has 1 aromatic heterocycles. The topological polar surface area (TPSA) is 123 Å². The third kappa shape index (κ3) is 3.71. The Labute approximate surface area is 160 Å². The Balaban J connectivity index is 1.91. The number of carbonyl (C=O) groups excluding carboxylic acids is 1. The van der Waals surface area contributed by atoms with Gasteiger partial charge in [-0.05, 0) is 32.0 Å². The Morgan fingerprint density at radius 2 is 1.89 bits per heavy atom. The van der Waals surface area contributed by atoms with Crippen LogP contribution in [0.1, 0.15) is 35.3 Å². The van der Waals surface area contributed by atoms with Crippen LogP contribution in [0.15, 0.2) is 18.2 Å². The first-order valence-electron chi connectivity index (χ1n) is 8.91. The Kier molecular flexibility index (Phi) is 6.09.